The van der Waals surface area contributed by atoms with E-state index >= 15 is 0 Å². The summed E-state index contributed by atoms with van der Waals surface area (Å²) in [6, 6.07) is -0.122. The highest BCUT2D eigenvalue weighted by Gasteiger charge is 2.40. The molecule has 0 aliphatic carbocycles. The number of ether oxygens (including phenoxy) is 1. The van der Waals surface area contributed by atoms with Crippen LogP contribution in [0.15, 0.2) is 12.2 Å². The van der Waals surface area contributed by atoms with Gasteiger partial charge in [0.15, 0.2) is 0 Å². The van der Waals surface area contributed by atoms with Crippen molar-refractivity contribution in [2.24, 2.45) is 11.8 Å². The number of carbonyl (C=O) groups excluding carboxylic acids is 2. The van der Waals surface area contributed by atoms with Gasteiger partial charge in [0.25, 0.3) is 0 Å². The number of imide groups is 1. The van der Waals surface area contributed by atoms with Gasteiger partial charge >= 0.3 is 6.09 Å². The molecule has 0 spiro atoms. The molecule has 0 bridgehead atoms. The zero-order valence-electron chi connectivity index (χ0n) is 12.4. The molecule has 1 aliphatic heterocycles. The highest BCUT2D eigenvalue weighted by molar-refractivity contribution is 5.94. The number of hydrogen-bond acceptors (Lipinski definition) is 3. The van der Waals surface area contributed by atoms with Crippen molar-refractivity contribution in [2.45, 2.75) is 53.0 Å². The number of hydrogen-bond donors (Lipinski definition) is 0. The Labute approximate surface area is 115 Å². The van der Waals surface area contributed by atoms with Crippen LogP contribution in [-0.2, 0) is 9.53 Å². The number of allylic oxidation sites excluding steroid dienone is 1. The topological polar surface area (TPSA) is 46.6 Å². The fourth-order valence-corrected chi connectivity index (χ4v) is 2.25. The molecule has 1 saturated heterocycles. The number of carbonyl (C=O) groups is 2. The van der Waals surface area contributed by atoms with Gasteiger partial charge in [-0.2, -0.15) is 0 Å². The van der Waals surface area contributed by atoms with E-state index < -0.39 is 6.09 Å². The van der Waals surface area contributed by atoms with Gasteiger partial charge in [-0.3, -0.25) is 4.79 Å². The molecular weight excluding hydrogens is 242 g/mol. The first kappa shape index (κ1) is 15.7. The Kier molecular flexibility index (Phi) is 5.58. The third-order valence-electron chi connectivity index (χ3n) is 3.58. The first-order valence-electron chi connectivity index (χ1n) is 6.98. The quantitative estimate of drug-likeness (QED) is 0.693. The number of rotatable bonds is 6. The second-order valence-corrected chi connectivity index (χ2v) is 5.85. The smallest absolute Gasteiger partial charge is 0.416 e. The minimum atomic E-state index is -0.490. The van der Waals surface area contributed by atoms with Gasteiger partial charge in [-0.05, 0) is 32.1 Å². The van der Waals surface area contributed by atoms with Gasteiger partial charge in [0.2, 0.25) is 5.91 Å². The van der Waals surface area contributed by atoms with Crippen molar-refractivity contribution in [2.75, 3.05) is 6.61 Å². The molecule has 1 rings (SSSR count). The number of amides is 2. The molecule has 0 aromatic rings. The first-order chi connectivity index (χ1) is 8.84. The summed E-state index contributed by atoms with van der Waals surface area (Å²) >= 11 is 0. The van der Waals surface area contributed by atoms with Gasteiger partial charge < -0.3 is 4.74 Å². The third kappa shape index (κ3) is 4.08. The maximum absolute atomic E-state index is 12.3. The van der Waals surface area contributed by atoms with Crippen LogP contribution in [0.25, 0.3) is 0 Å². The lowest BCUT2D eigenvalue weighted by Crippen LogP contribution is -2.44. The summed E-state index contributed by atoms with van der Waals surface area (Å²) in [5.41, 5.74) is 1.13. The van der Waals surface area contributed by atoms with Crippen molar-refractivity contribution in [1.29, 1.82) is 0 Å². The maximum Gasteiger partial charge on any atom is 0.416 e. The third-order valence-corrected chi connectivity index (χ3v) is 3.58. The summed E-state index contributed by atoms with van der Waals surface area (Å²) in [7, 11) is 0. The Morgan fingerprint density at radius 2 is 2.11 bits per heavy atom. The summed E-state index contributed by atoms with van der Waals surface area (Å²) in [5.74, 6) is -0.0350. The minimum absolute atomic E-state index is 0.108. The summed E-state index contributed by atoms with van der Waals surface area (Å²) in [4.78, 5) is 25.4. The van der Waals surface area contributed by atoms with Crippen LogP contribution >= 0.6 is 0 Å². The summed E-state index contributed by atoms with van der Waals surface area (Å²) < 4.78 is 5.01. The number of cyclic esters (lactones) is 1. The molecule has 0 N–H and O–H groups in total. The van der Waals surface area contributed by atoms with E-state index in [0.717, 1.165) is 24.8 Å². The van der Waals surface area contributed by atoms with Gasteiger partial charge in [0, 0.05) is 5.92 Å². The van der Waals surface area contributed by atoms with Crippen molar-refractivity contribution >= 4 is 12.0 Å². The molecule has 0 radical (unpaired) electrons. The van der Waals surface area contributed by atoms with Crippen LogP contribution in [0.3, 0.4) is 0 Å². The van der Waals surface area contributed by atoms with Crippen molar-refractivity contribution < 1.29 is 14.3 Å². The maximum atomic E-state index is 12.3. The van der Waals surface area contributed by atoms with Crippen LogP contribution in [0, 0.1) is 11.8 Å². The van der Waals surface area contributed by atoms with Crippen LogP contribution in [0.1, 0.15) is 47.0 Å². The Morgan fingerprint density at radius 3 is 2.63 bits per heavy atom. The van der Waals surface area contributed by atoms with E-state index in [2.05, 4.69) is 6.58 Å². The second-order valence-electron chi connectivity index (χ2n) is 5.85. The highest BCUT2D eigenvalue weighted by Crippen LogP contribution is 2.23. The van der Waals surface area contributed by atoms with E-state index in [9.17, 15) is 9.59 Å². The van der Waals surface area contributed by atoms with Crippen molar-refractivity contribution in [1.82, 2.24) is 4.90 Å². The Hall–Kier alpha value is -1.32. The monoisotopic (exact) mass is 267 g/mol. The number of nitrogens with zero attached hydrogens (tertiary/aromatic N) is 1. The normalized spacial score (nSPS) is 20.6. The van der Waals surface area contributed by atoms with E-state index in [1.54, 1.807) is 0 Å². The lowest BCUT2D eigenvalue weighted by molar-refractivity contribution is -0.133. The molecule has 2 amide bonds. The van der Waals surface area contributed by atoms with Gasteiger partial charge in [-0.1, -0.05) is 26.3 Å². The average molecular weight is 267 g/mol. The molecule has 1 fully saturated rings. The van der Waals surface area contributed by atoms with Gasteiger partial charge in [-0.25, -0.2) is 9.69 Å². The molecule has 19 heavy (non-hydrogen) atoms. The standard InChI is InChI=1S/C15H25NO3/c1-10(2)7-6-8-12(5)14(17)16-13(11(3)4)9-19-15(16)18/h11-13H,1,6-9H2,2-5H3/t12-,13+/m0/s1. The van der Waals surface area contributed by atoms with Crippen LogP contribution in [0.5, 0.6) is 0 Å². The average Bonchev–Trinajstić information content (AvgIpc) is 2.69. The highest BCUT2D eigenvalue weighted by atomic mass is 16.6. The predicted octanol–water partition coefficient (Wildman–Crippen LogP) is 3.37. The molecular formula is C15H25NO3. The Balaban J connectivity index is 2.59. The van der Waals surface area contributed by atoms with Crippen LogP contribution in [0.4, 0.5) is 4.79 Å². The summed E-state index contributed by atoms with van der Waals surface area (Å²) in [6.07, 6.45) is 2.14. The minimum Gasteiger partial charge on any atom is -0.447 e. The molecule has 0 aromatic heterocycles. The SMILES string of the molecule is C=C(C)CCC[C@H](C)C(=O)N1C(=O)OC[C@@H]1C(C)C. The zero-order chi connectivity index (χ0) is 14.6. The second kappa shape index (κ2) is 6.73. The van der Waals surface area contributed by atoms with E-state index in [4.69, 9.17) is 4.74 Å². The van der Waals surface area contributed by atoms with Crippen molar-refractivity contribution in [3.63, 3.8) is 0 Å². The van der Waals surface area contributed by atoms with Crippen LogP contribution in [0.2, 0.25) is 0 Å². The molecule has 4 nitrogen and oxygen atoms in total. The van der Waals surface area contributed by atoms with Gasteiger partial charge in [-0.15, -0.1) is 6.58 Å². The Morgan fingerprint density at radius 1 is 1.47 bits per heavy atom. The molecule has 1 heterocycles. The van der Waals surface area contributed by atoms with Crippen LogP contribution < -0.4 is 0 Å². The molecule has 4 heteroatoms. The van der Waals surface area contributed by atoms with Gasteiger partial charge in [0.05, 0.1) is 6.04 Å². The summed E-state index contributed by atoms with van der Waals surface area (Å²) in [6.45, 7) is 12.0. The molecule has 0 aromatic carbocycles. The molecule has 0 unspecified atom stereocenters. The van der Waals surface area contributed by atoms with E-state index in [1.165, 1.54) is 4.90 Å². The zero-order valence-corrected chi connectivity index (χ0v) is 12.4. The molecule has 1 aliphatic rings. The fourth-order valence-electron chi connectivity index (χ4n) is 2.25. The first-order valence-corrected chi connectivity index (χ1v) is 6.98. The van der Waals surface area contributed by atoms with E-state index in [0.29, 0.717) is 6.61 Å². The Bertz CT molecular complexity index is 362. The van der Waals surface area contributed by atoms with E-state index in [1.807, 2.05) is 27.7 Å². The molecule has 0 saturated carbocycles. The van der Waals surface area contributed by atoms with Crippen molar-refractivity contribution in [3.8, 4) is 0 Å². The fraction of sp³-hybridized carbons (Fsp3) is 0.733. The van der Waals surface area contributed by atoms with Gasteiger partial charge in [0.1, 0.15) is 6.61 Å². The lowest BCUT2D eigenvalue weighted by atomic mass is 9.98. The van der Waals surface area contributed by atoms with E-state index in [-0.39, 0.29) is 23.8 Å². The van der Waals surface area contributed by atoms with Crippen LogP contribution in [-0.4, -0.2) is 29.5 Å². The molecule has 2 atom stereocenters. The predicted molar refractivity (Wildman–Crippen MR) is 74.6 cm³/mol. The van der Waals surface area contributed by atoms with Crippen molar-refractivity contribution in [3.05, 3.63) is 12.2 Å². The molecule has 108 valence electrons. The largest absolute Gasteiger partial charge is 0.447 e. The lowest BCUT2D eigenvalue weighted by Gasteiger charge is -2.25. The summed E-state index contributed by atoms with van der Waals surface area (Å²) in [5, 5.41) is 0.